The number of aliphatic hydroxyl groups is 2. The SMILES string of the molecule is CC(C)(C)N(C(=O)O)[C@@H](Cc1ccccc1)[C@H](O)CNC[C@@H](O)[C@H](Cc1ccccc1)N(C(=O)O)[C@@H]1CCc2ccccc21. The minimum Gasteiger partial charge on any atom is -0.465 e. The number of amides is 2. The number of hydrogen-bond acceptors (Lipinski definition) is 5. The third-order valence-electron chi connectivity index (χ3n) is 8.45. The van der Waals surface area contributed by atoms with Crippen LogP contribution in [0.5, 0.6) is 0 Å². The van der Waals surface area contributed by atoms with Gasteiger partial charge in [-0.25, -0.2) is 9.59 Å². The summed E-state index contributed by atoms with van der Waals surface area (Å²) in [6, 6.07) is 24.9. The molecule has 0 fully saturated rings. The topological polar surface area (TPSA) is 134 Å². The molecule has 0 aromatic heterocycles. The maximum absolute atomic E-state index is 12.8. The fourth-order valence-electron chi connectivity index (χ4n) is 6.44. The monoisotopic (exact) mass is 603 g/mol. The molecule has 1 aliphatic carbocycles. The van der Waals surface area contributed by atoms with E-state index in [2.05, 4.69) is 5.32 Å². The summed E-state index contributed by atoms with van der Waals surface area (Å²) in [5, 5.41) is 46.6. The summed E-state index contributed by atoms with van der Waals surface area (Å²) in [6.45, 7) is 5.38. The van der Waals surface area contributed by atoms with Crippen molar-refractivity contribution in [2.75, 3.05) is 13.1 Å². The summed E-state index contributed by atoms with van der Waals surface area (Å²) in [6.07, 6.45) is -2.41. The highest BCUT2D eigenvalue weighted by Gasteiger charge is 2.40. The second kappa shape index (κ2) is 14.7. The molecule has 9 heteroatoms. The highest BCUT2D eigenvalue weighted by atomic mass is 16.4. The van der Waals surface area contributed by atoms with E-state index >= 15 is 0 Å². The van der Waals surface area contributed by atoms with Crippen molar-refractivity contribution in [1.29, 1.82) is 0 Å². The van der Waals surface area contributed by atoms with Gasteiger partial charge in [-0.1, -0.05) is 84.9 Å². The van der Waals surface area contributed by atoms with Crippen LogP contribution in [-0.2, 0) is 19.3 Å². The molecule has 1 aliphatic rings. The third kappa shape index (κ3) is 8.16. The second-order valence-corrected chi connectivity index (χ2v) is 12.6. The summed E-state index contributed by atoms with van der Waals surface area (Å²) < 4.78 is 0. The molecule has 3 aromatic carbocycles. The summed E-state index contributed by atoms with van der Waals surface area (Å²) in [5.74, 6) is 0. The molecular weight excluding hydrogens is 558 g/mol. The number of nitrogens with one attached hydrogen (secondary N) is 1. The molecule has 0 bridgehead atoms. The number of rotatable bonds is 13. The lowest BCUT2D eigenvalue weighted by Gasteiger charge is -2.42. The van der Waals surface area contributed by atoms with Gasteiger partial charge in [0.1, 0.15) is 0 Å². The first kappa shape index (κ1) is 33.0. The van der Waals surface area contributed by atoms with Gasteiger partial charge in [0.25, 0.3) is 0 Å². The van der Waals surface area contributed by atoms with Crippen molar-refractivity contribution < 1.29 is 30.0 Å². The van der Waals surface area contributed by atoms with Gasteiger partial charge in [-0.15, -0.1) is 0 Å². The lowest BCUT2D eigenvalue weighted by atomic mass is 9.94. The molecule has 9 nitrogen and oxygen atoms in total. The number of carboxylic acid groups (broad SMARTS) is 2. The second-order valence-electron chi connectivity index (χ2n) is 12.6. The zero-order valence-electron chi connectivity index (χ0n) is 25.7. The number of benzene rings is 3. The van der Waals surface area contributed by atoms with Crippen LogP contribution in [0.4, 0.5) is 9.59 Å². The summed E-state index contributed by atoms with van der Waals surface area (Å²) in [5.41, 5.74) is 3.10. The van der Waals surface area contributed by atoms with Gasteiger partial charge in [0, 0.05) is 18.6 Å². The van der Waals surface area contributed by atoms with E-state index in [0.29, 0.717) is 19.3 Å². The van der Waals surface area contributed by atoms with Gasteiger partial charge in [0.05, 0.1) is 30.3 Å². The summed E-state index contributed by atoms with van der Waals surface area (Å²) in [4.78, 5) is 27.9. The number of aliphatic hydroxyl groups excluding tert-OH is 2. The van der Waals surface area contributed by atoms with Crippen molar-refractivity contribution in [1.82, 2.24) is 15.1 Å². The predicted molar refractivity (Wildman–Crippen MR) is 170 cm³/mol. The first-order valence-corrected chi connectivity index (χ1v) is 15.2. The van der Waals surface area contributed by atoms with E-state index in [4.69, 9.17) is 0 Å². The fourth-order valence-corrected chi connectivity index (χ4v) is 6.44. The summed E-state index contributed by atoms with van der Waals surface area (Å²) >= 11 is 0. The van der Waals surface area contributed by atoms with Crippen molar-refractivity contribution in [2.45, 2.75) is 82.3 Å². The Labute approximate surface area is 259 Å². The number of carbonyl (C=O) groups is 2. The molecule has 5 atom stereocenters. The van der Waals surface area contributed by atoms with E-state index in [1.807, 2.05) is 84.9 Å². The number of hydrogen-bond donors (Lipinski definition) is 5. The average Bonchev–Trinajstić information content (AvgIpc) is 3.40. The Balaban J connectivity index is 1.53. The Morgan fingerprint density at radius 1 is 0.773 bits per heavy atom. The number of fused-ring (bicyclic) bond motifs is 1. The van der Waals surface area contributed by atoms with Crippen LogP contribution in [0, 0.1) is 0 Å². The molecule has 3 aromatic rings. The van der Waals surface area contributed by atoms with Crippen molar-refractivity contribution in [3.8, 4) is 0 Å². The molecule has 44 heavy (non-hydrogen) atoms. The Hall–Kier alpha value is -3.92. The van der Waals surface area contributed by atoms with Gasteiger partial charge >= 0.3 is 12.2 Å². The highest BCUT2D eigenvalue weighted by molar-refractivity contribution is 5.67. The van der Waals surface area contributed by atoms with Crippen molar-refractivity contribution in [2.24, 2.45) is 0 Å². The van der Waals surface area contributed by atoms with Gasteiger partial charge in [-0.05, 0) is 68.7 Å². The van der Waals surface area contributed by atoms with E-state index in [-0.39, 0.29) is 19.1 Å². The minimum atomic E-state index is -1.13. The molecule has 0 radical (unpaired) electrons. The van der Waals surface area contributed by atoms with Crippen LogP contribution >= 0.6 is 0 Å². The quantitative estimate of drug-likeness (QED) is 0.186. The van der Waals surface area contributed by atoms with E-state index in [0.717, 1.165) is 28.7 Å². The van der Waals surface area contributed by atoms with Gasteiger partial charge in [0.15, 0.2) is 0 Å². The largest absolute Gasteiger partial charge is 0.465 e. The molecule has 5 N–H and O–H groups in total. The molecular formula is C35H45N3O6. The Kier molecular flexibility index (Phi) is 11.0. The standard InChI is InChI=1S/C35H45N3O6/c1-35(2,3)38(34(43)44)30(21-25-14-8-5-9-15-25)32(40)23-36-22-31(39)29(20-24-12-6-4-7-13-24)37(33(41)42)28-19-18-26-16-10-11-17-27(26)28/h4-17,28-32,36,39-40H,18-23H2,1-3H3,(H,41,42)(H,43,44)/t28-,29+,30+,31-,32-/m1/s1. The maximum Gasteiger partial charge on any atom is 0.408 e. The van der Waals surface area contributed by atoms with Gasteiger partial charge < -0.3 is 25.7 Å². The first-order valence-electron chi connectivity index (χ1n) is 15.2. The molecule has 2 amide bonds. The van der Waals surface area contributed by atoms with E-state index < -0.39 is 42.0 Å². The van der Waals surface area contributed by atoms with Crippen molar-refractivity contribution in [3.05, 3.63) is 107 Å². The van der Waals surface area contributed by atoms with Gasteiger partial charge in [-0.2, -0.15) is 0 Å². The van der Waals surface area contributed by atoms with Crippen LogP contribution in [0.25, 0.3) is 0 Å². The normalized spacial score (nSPS) is 17.2. The summed E-state index contributed by atoms with van der Waals surface area (Å²) in [7, 11) is 0. The first-order chi connectivity index (χ1) is 21.0. The molecule has 0 unspecified atom stereocenters. The van der Waals surface area contributed by atoms with Crippen molar-refractivity contribution >= 4 is 12.2 Å². The van der Waals surface area contributed by atoms with Crippen LogP contribution < -0.4 is 5.32 Å². The number of aryl methyl sites for hydroxylation is 1. The molecule has 0 heterocycles. The Morgan fingerprint density at radius 2 is 1.27 bits per heavy atom. The van der Waals surface area contributed by atoms with Crippen LogP contribution in [0.1, 0.15) is 55.5 Å². The third-order valence-corrected chi connectivity index (χ3v) is 8.45. The Morgan fingerprint density at radius 3 is 1.80 bits per heavy atom. The molecule has 236 valence electrons. The number of nitrogens with zero attached hydrogens (tertiary/aromatic N) is 2. The molecule has 0 saturated heterocycles. The highest BCUT2D eigenvalue weighted by Crippen LogP contribution is 2.38. The molecule has 4 rings (SSSR count). The average molecular weight is 604 g/mol. The smallest absolute Gasteiger partial charge is 0.408 e. The van der Waals surface area contributed by atoms with Crippen molar-refractivity contribution in [3.63, 3.8) is 0 Å². The van der Waals surface area contributed by atoms with E-state index in [1.165, 1.54) is 9.80 Å². The fraction of sp³-hybridized carbons (Fsp3) is 0.429. The maximum atomic E-state index is 12.8. The molecule has 0 spiro atoms. The van der Waals surface area contributed by atoms with E-state index in [9.17, 15) is 30.0 Å². The van der Waals surface area contributed by atoms with Gasteiger partial charge in [0.2, 0.25) is 0 Å². The van der Waals surface area contributed by atoms with Gasteiger partial charge in [-0.3, -0.25) is 9.80 Å². The van der Waals surface area contributed by atoms with Crippen LogP contribution in [0.15, 0.2) is 84.9 Å². The van der Waals surface area contributed by atoms with E-state index in [1.54, 1.807) is 20.8 Å². The van der Waals surface area contributed by atoms with Crippen LogP contribution in [-0.4, -0.2) is 85.3 Å². The van der Waals surface area contributed by atoms with Crippen LogP contribution in [0.2, 0.25) is 0 Å². The van der Waals surface area contributed by atoms with Crippen LogP contribution in [0.3, 0.4) is 0 Å². The zero-order valence-corrected chi connectivity index (χ0v) is 25.7. The predicted octanol–water partition coefficient (Wildman–Crippen LogP) is 4.97. The molecule has 0 aliphatic heterocycles. The minimum absolute atomic E-state index is 0.00576. The lowest BCUT2D eigenvalue weighted by molar-refractivity contribution is 0.00292. The molecule has 0 saturated carbocycles. The Bertz CT molecular complexity index is 1360. The lowest BCUT2D eigenvalue weighted by Crippen LogP contribution is -2.58. The zero-order chi connectivity index (χ0) is 31.9.